The topological polar surface area (TPSA) is 74.6 Å². The first-order valence-corrected chi connectivity index (χ1v) is 11.0. The summed E-state index contributed by atoms with van der Waals surface area (Å²) in [5, 5.41) is 18.0. The molecular weight excluding hydrogens is 372 g/mol. The Morgan fingerprint density at radius 1 is 0.750 bits per heavy atom. The van der Waals surface area contributed by atoms with Crippen LogP contribution in [-0.2, 0) is 22.7 Å². The summed E-state index contributed by atoms with van der Waals surface area (Å²) >= 11 is 0. The second-order valence-electron chi connectivity index (χ2n) is 6.53. The molecule has 3 aromatic carbocycles. The van der Waals surface area contributed by atoms with E-state index in [9.17, 15) is 8.42 Å². The van der Waals surface area contributed by atoms with Crippen LogP contribution in [0.15, 0.2) is 71.6 Å². The summed E-state index contributed by atoms with van der Waals surface area (Å²) in [6.45, 7) is 4.38. The Labute approximate surface area is 167 Å². The number of benzene rings is 3. The molecule has 148 valence electrons. The average Bonchev–Trinajstić information content (AvgIpc) is 2.69. The fourth-order valence-electron chi connectivity index (χ4n) is 2.70. The maximum absolute atomic E-state index is 10.9. The lowest BCUT2D eigenvalue weighted by molar-refractivity contribution is 0.445. The lowest BCUT2D eigenvalue weighted by atomic mass is 10.0. The number of aryl methyl sites for hydroxylation is 2. The van der Waals surface area contributed by atoms with Crippen LogP contribution in [0.25, 0.3) is 11.1 Å². The van der Waals surface area contributed by atoms with Crippen molar-refractivity contribution in [2.24, 2.45) is 0 Å². The molecule has 2 N–H and O–H groups in total. The molecule has 0 bridgehead atoms. The van der Waals surface area contributed by atoms with Gasteiger partial charge in [0.25, 0.3) is 0 Å². The van der Waals surface area contributed by atoms with Crippen LogP contribution in [0.4, 0.5) is 0 Å². The van der Waals surface area contributed by atoms with E-state index in [2.05, 4.69) is 62.4 Å². The van der Waals surface area contributed by atoms with E-state index in [1.807, 2.05) is 0 Å². The molecule has 0 aliphatic carbocycles. The van der Waals surface area contributed by atoms with Gasteiger partial charge in [0.1, 0.15) is 16.4 Å². The van der Waals surface area contributed by atoms with Gasteiger partial charge in [-0.1, -0.05) is 62.4 Å². The predicted molar refractivity (Wildman–Crippen MR) is 114 cm³/mol. The van der Waals surface area contributed by atoms with E-state index in [-0.39, 0.29) is 16.4 Å². The highest BCUT2D eigenvalue weighted by molar-refractivity contribution is 7.90. The van der Waals surface area contributed by atoms with Crippen molar-refractivity contribution >= 4 is 9.84 Å². The van der Waals surface area contributed by atoms with Crippen molar-refractivity contribution in [1.82, 2.24) is 0 Å². The first-order chi connectivity index (χ1) is 13.2. The quantitative estimate of drug-likeness (QED) is 0.608. The van der Waals surface area contributed by atoms with Crippen molar-refractivity contribution < 1.29 is 18.6 Å². The molecule has 0 radical (unpaired) electrons. The molecule has 3 rings (SSSR count). The minimum absolute atomic E-state index is 0.187. The second kappa shape index (κ2) is 9.42. The van der Waals surface area contributed by atoms with Crippen molar-refractivity contribution in [2.45, 2.75) is 31.6 Å². The molecule has 0 unspecified atom stereocenters. The standard InChI is InChI=1S/C16H18.C7H8O4S/c1-3-13-8-10-15(11-9-13)16-7-5-6-14(4-2)12-16;1-12(10,11)7-4-5(8)2-3-6(7)9/h5-12H,3-4H2,1-2H3;2-4,8-9H,1H3. The summed E-state index contributed by atoms with van der Waals surface area (Å²) in [5.74, 6) is -0.538. The molecule has 0 aliphatic rings. The van der Waals surface area contributed by atoms with Gasteiger partial charge in [-0.25, -0.2) is 8.42 Å². The molecule has 5 heteroatoms. The van der Waals surface area contributed by atoms with Gasteiger partial charge < -0.3 is 10.2 Å². The summed E-state index contributed by atoms with van der Waals surface area (Å²) in [4.78, 5) is -0.262. The maximum Gasteiger partial charge on any atom is 0.179 e. The highest BCUT2D eigenvalue weighted by atomic mass is 32.2. The minimum atomic E-state index is -3.47. The first-order valence-electron chi connectivity index (χ1n) is 9.15. The fraction of sp³-hybridized carbons (Fsp3) is 0.217. The Balaban J connectivity index is 0.000000209. The molecule has 4 nitrogen and oxygen atoms in total. The minimum Gasteiger partial charge on any atom is -0.508 e. The molecule has 0 aliphatic heterocycles. The Bertz CT molecular complexity index is 1020. The molecule has 0 saturated carbocycles. The van der Waals surface area contributed by atoms with Crippen LogP contribution in [0.1, 0.15) is 25.0 Å². The number of phenolic OH excluding ortho intramolecular Hbond substituents is 2. The van der Waals surface area contributed by atoms with Gasteiger partial charge in [-0.2, -0.15) is 0 Å². The SMILES string of the molecule is CCc1ccc(-c2cccc(CC)c2)cc1.CS(=O)(=O)c1cc(O)ccc1O. The van der Waals surface area contributed by atoms with E-state index in [0.29, 0.717) is 0 Å². The van der Waals surface area contributed by atoms with Crippen LogP contribution in [0, 0.1) is 0 Å². The normalized spacial score (nSPS) is 10.8. The number of hydrogen-bond donors (Lipinski definition) is 2. The number of phenols is 2. The third-order valence-corrected chi connectivity index (χ3v) is 5.50. The van der Waals surface area contributed by atoms with E-state index in [4.69, 9.17) is 10.2 Å². The van der Waals surface area contributed by atoms with Gasteiger partial charge in [0.15, 0.2) is 9.84 Å². The first kappa shape index (κ1) is 21.5. The lowest BCUT2D eigenvalue weighted by Crippen LogP contribution is -1.96. The number of aromatic hydroxyl groups is 2. The van der Waals surface area contributed by atoms with Gasteiger partial charge in [0.05, 0.1) is 0 Å². The van der Waals surface area contributed by atoms with E-state index < -0.39 is 9.84 Å². The predicted octanol–water partition coefficient (Wildman–Crippen LogP) is 4.98. The van der Waals surface area contributed by atoms with Crippen molar-refractivity contribution in [2.75, 3.05) is 6.26 Å². The zero-order valence-electron chi connectivity index (χ0n) is 16.4. The van der Waals surface area contributed by atoms with Gasteiger partial charge >= 0.3 is 0 Å². The molecule has 0 aromatic heterocycles. The van der Waals surface area contributed by atoms with E-state index >= 15 is 0 Å². The molecule has 28 heavy (non-hydrogen) atoms. The van der Waals surface area contributed by atoms with Crippen LogP contribution < -0.4 is 0 Å². The van der Waals surface area contributed by atoms with Gasteiger partial charge in [-0.15, -0.1) is 0 Å². The number of rotatable bonds is 4. The number of hydrogen-bond acceptors (Lipinski definition) is 4. The van der Waals surface area contributed by atoms with Gasteiger partial charge in [0.2, 0.25) is 0 Å². The Morgan fingerprint density at radius 3 is 1.93 bits per heavy atom. The van der Waals surface area contributed by atoms with Crippen molar-refractivity contribution in [1.29, 1.82) is 0 Å². The molecular formula is C23H26O4S. The molecule has 0 amide bonds. The lowest BCUT2D eigenvalue weighted by Gasteiger charge is -2.05. The molecule has 0 heterocycles. The van der Waals surface area contributed by atoms with Crippen LogP contribution in [-0.4, -0.2) is 24.9 Å². The van der Waals surface area contributed by atoms with Crippen molar-refractivity contribution in [3.05, 3.63) is 77.9 Å². The smallest absolute Gasteiger partial charge is 0.179 e. The zero-order chi connectivity index (χ0) is 20.7. The monoisotopic (exact) mass is 398 g/mol. The summed E-state index contributed by atoms with van der Waals surface area (Å²) in [5.41, 5.74) is 5.43. The highest BCUT2D eigenvalue weighted by Gasteiger charge is 2.12. The molecule has 3 aromatic rings. The zero-order valence-corrected chi connectivity index (χ0v) is 17.2. The van der Waals surface area contributed by atoms with Gasteiger partial charge in [-0.3, -0.25) is 0 Å². The van der Waals surface area contributed by atoms with E-state index in [1.165, 1.54) is 28.3 Å². The van der Waals surface area contributed by atoms with Crippen LogP contribution in [0.5, 0.6) is 11.5 Å². The highest BCUT2D eigenvalue weighted by Crippen LogP contribution is 2.26. The van der Waals surface area contributed by atoms with E-state index in [0.717, 1.165) is 31.2 Å². The van der Waals surface area contributed by atoms with Gasteiger partial charge in [0, 0.05) is 12.3 Å². The van der Waals surface area contributed by atoms with Crippen LogP contribution >= 0.6 is 0 Å². The summed E-state index contributed by atoms with van der Waals surface area (Å²) in [6, 6.07) is 21.0. The third-order valence-electron chi connectivity index (χ3n) is 4.37. The van der Waals surface area contributed by atoms with Crippen molar-refractivity contribution in [3.8, 4) is 22.6 Å². The van der Waals surface area contributed by atoms with Crippen LogP contribution in [0.2, 0.25) is 0 Å². The molecule has 0 saturated heterocycles. The van der Waals surface area contributed by atoms with E-state index in [1.54, 1.807) is 0 Å². The third kappa shape index (κ3) is 5.86. The summed E-state index contributed by atoms with van der Waals surface area (Å²) in [6.07, 6.45) is 3.16. The van der Waals surface area contributed by atoms with Crippen molar-refractivity contribution in [3.63, 3.8) is 0 Å². The Morgan fingerprint density at radius 2 is 1.39 bits per heavy atom. The summed E-state index contributed by atoms with van der Waals surface area (Å²) < 4.78 is 21.9. The Hall–Kier alpha value is -2.79. The molecule has 0 fully saturated rings. The Kier molecular flexibility index (Phi) is 7.24. The number of sulfone groups is 1. The maximum atomic E-state index is 10.9. The van der Waals surface area contributed by atoms with Crippen LogP contribution in [0.3, 0.4) is 0 Å². The molecule has 0 atom stereocenters. The average molecular weight is 399 g/mol. The summed E-state index contributed by atoms with van der Waals surface area (Å²) in [7, 11) is -3.47. The second-order valence-corrected chi connectivity index (χ2v) is 8.51. The largest absolute Gasteiger partial charge is 0.508 e. The molecule has 0 spiro atoms. The fourth-order valence-corrected chi connectivity index (χ4v) is 3.49. The van der Waals surface area contributed by atoms with Gasteiger partial charge in [-0.05, 0) is 47.2 Å².